The van der Waals surface area contributed by atoms with Crippen molar-refractivity contribution in [1.29, 1.82) is 0 Å². The highest BCUT2D eigenvalue weighted by molar-refractivity contribution is 6.30. The molecular formula is C20H18ClNO4. The number of carbonyl (C=O) groups excluding carboxylic acids is 2. The number of benzene rings is 1. The van der Waals surface area contributed by atoms with E-state index in [1.54, 1.807) is 60.8 Å². The van der Waals surface area contributed by atoms with E-state index >= 15 is 0 Å². The molecule has 2 heterocycles. The third kappa shape index (κ3) is 3.18. The topological polar surface area (TPSA) is 57.0 Å². The molecule has 1 aromatic carbocycles. The van der Waals surface area contributed by atoms with Crippen molar-refractivity contribution in [3.8, 4) is 11.3 Å². The molecule has 0 saturated carbocycles. The van der Waals surface area contributed by atoms with Crippen LogP contribution in [0.15, 0.2) is 48.7 Å². The molecule has 0 fully saturated rings. The van der Waals surface area contributed by atoms with E-state index in [4.69, 9.17) is 21.1 Å². The Kier molecular flexibility index (Phi) is 5.28. The number of hydrogen-bond acceptors (Lipinski definition) is 4. The highest BCUT2D eigenvalue weighted by Crippen LogP contribution is 2.33. The number of fused-ring (bicyclic) bond motifs is 1. The molecule has 0 aliphatic heterocycles. The summed E-state index contributed by atoms with van der Waals surface area (Å²) in [5.41, 5.74) is 2.29. The van der Waals surface area contributed by atoms with Crippen LogP contribution in [0.3, 0.4) is 0 Å². The number of halogens is 1. The molecule has 0 radical (unpaired) electrons. The quantitative estimate of drug-likeness (QED) is 0.614. The van der Waals surface area contributed by atoms with Crippen molar-refractivity contribution in [2.24, 2.45) is 0 Å². The van der Waals surface area contributed by atoms with Gasteiger partial charge in [-0.25, -0.2) is 9.59 Å². The lowest BCUT2D eigenvalue weighted by atomic mass is 10.0. The van der Waals surface area contributed by atoms with Crippen LogP contribution in [0.5, 0.6) is 0 Å². The summed E-state index contributed by atoms with van der Waals surface area (Å²) in [5.74, 6) is -1.12. The number of aromatic nitrogens is 1. The molecule has 0 unspecified atom stereocenters. The summed E-state index contributed by atoms with van der Waals surface area (Å²) in [7, 11) is 0. The fourth-order valence-electron chi connectivity index (χ4n) is 2.91. The number of hydrogen-bond donors (Lipinski definition) is 0. The maximum absolute atomic E-state index is 12.7. The highest BCUT2D eigenvalue weighted by atomic mass is 35.5. The van der Waals surface area contributed by atoms with Crippen LogP contribution in [0, 0.1) is 0 Å². The smallest absolute Gasteiger partial charge is 0.341 e. The standard InChI is InChI=1S/C20H18ClNO4/c1-3-25-19(23)16-15-7-5-6-12-22(15)18(17(16)20(24)26-4-2)13-8-10-14(21)11-9-13/h5-12H,3-4H2,1-2H3. The minimum atomic E-state index is -0.566. The predicted molar refractivity (Wildman–Crippen MR) is 99.8 cm³/mol. The Labute approximate surface area is 156 Å². The molecule has 0 spiro atoms. The highest BCUT2D eigenvalue weighted by Gasteiger charge is 2.30. The molecule has 0 atom stereocenters. The van der Waals surface area contributed by atoms with Crippen molar-refractivity contribution in [2.45, 2.75) is 13.8 Å². The van der Waals surface area contributed by atoms with Crippen LogP contribution in [-0.4, -0.2) is 29.6 Å². The van der Waals surface area contributed by atoms with Crippen molar-refractivity contribution in [3.05, 3.63) is 64.8 Å². The molecule has 0 amide bonds. The third-order valence-corrected chi connectivity index (χ3v) is 4.17. The number of ether oxygens (including phenoxy) is 2. The van der Waals surface area contributed by atoms with Gasteiger partial charge in [-0.3, -0.25) is 0 Å². The molecular weight excluding hydrogens is 354 g/mol. The second-order valence-electron chi connectivity index (χ2n) is 5.50. The first kappa shape index (κ1) is 18.0. The zero-order chi connectivity index (χ0) is 18.7. The summed E-state index contributed by atoms with van der Waals surface area (Å²) in [6, 6.07) is 12.5. The lowest BCUT2D eigenvalue weighted by Gasteiger charge is -2.08. The molecule has 3 aromatic rings. The Balaban J connectivity index is 2.37. The van der Waals surface area contributed by atoms with Crippen molar-refractivity contribution < 1.29 is 19.1 Å². The van der Waals surface area contributed by atoms with E-state index in [0.29, 0.717) is 16.2 Å². The predicted octanol–water partition coefficient (Wildman–Crippen LogP) is 4.61. The van der Waals surface area contributed by atoms with Crippen LogP contribution >= 0.6 is 11.6 Å². The third-order valence-electron chi connectivity index (χ3n) is 3.92. The van der Waals surface area contributed by atoms with Gasteiger partial charge in [0.15, 0.2) is 0 Å². The molecule has 2 aromatic heterocycles. The maximum atomic E-state index is 12.7. The van der Waals surface area contributed by atoms with Gasteiger partial charge in [0, 0.05) is 11.2 Å². The Morgan fingerprint density at radius 3 is 2.15 bits per heavy atom. The molecule has 6 heteroatoms. The number of rotatable bonds is 5. The van der Waals surface area contributed by atoms with Crippen LogP contribution < -0.4 is 0 Å². The van der Waals surface area contributed by atoms with Crippen molar-refractivity contribution >= 4 is 29.1 Å². The van der Waals surface area contributed by atoms with Crippen LogP contribution in [0.25, 0.3) is 16.8 Å². The zero-order valence-corrected chi connectivity index (χ0v) is 15.2. The van der Waals surface area contributed by atoms with Gasteiger partial charge < -0.3 is 13.9 Å². The summed E-state index contributed by atoms with van der Waals surface area (Å²) in [6.07, 6.45) is 1.80. The Morgan fingerprint density at radius 2 is 1.54 bits per heavy atom. The molecule has 3 rings (SSSR count). The SMILES string of the molecule is CCOC(=O)c1c(C(=O)OCC)c2ccccn2c1-c1ccc(Cl)cc1. The van der Waals surface area contributed by atoms with Gasteiger partial charge in [-0.2, -0.15) is 0 Å². The molecule has 26 heavy (non-hydrogen) atoms. The first-order valence-corrected chi connectivity index (χ1v) is 8.69. The van der Waals surface area contributed by atoms with Gasteiger partial charge in [0.1, 0.15) is 11.1 Å². The van der Waals surface area contributed by atoms with E-state index < -0.39 is 11.9 Å². The van der Waals surface area contributed by atoms with Crippen LogP contribution in [0.2, 0.25) is 5.02 Å². The van der Waals surface area contributed by atoms with Crippen molar-refractivity contribution in [2.75, 3.05) is 13.2 Å². The normalized spacial score (nSPS) is 10.7. The first-order valence-electron chi connectivity index (χ1n) is 8.31. The molecule has 5 nitrogen and oxygen atoms in total. The summed E-state index contributed by atoms with van der Waals surface area (Å²) >= 11 is 5.99. The average Bonchev–Trinajstić information content (AvgIpc) is 2.98. The zero-order valence-electron chi connectivity index (χ0n) is 14.5. The Hall–Kier alpha value is -2.79. The van der Waals surface area contributed by atoms with Crippen LogP contribution in [0.4, 0.5) is 0 Å². The van der Waals surface area contributed by atoms with Crippen molar-refractivity contribution in [3.63, 3.8) is 0 Å². The second kappa shape index (κ2) is 7.62. The van der Waals surface area contributed by atoms with Crippen molar-refractivity contribution in [1.82, 2.24) is 4.40 Å². The lowest BCUT2D eigenvalue weighted by Crippen LogP contribution is -2.13. The number of nitrogens with zero attached hydrogens (tertiary/aromatic N) is 1. The summed E-state index contributed by atoms with van der Waals surface area (Å²) in [4.78, 5) is 25.4. The monoisotopic (exact) mass is 371 g/mol. The van der Waals surface area contributed by atoms with Gasteiger partial charge in [-0.15, -0.1) is 0 Å². The molecule has 0 bridgehead atoms. The van der Waals surface area contributed by atoms with Gasteiger partial charge >= 0.3 is 11.9 Å². The number of pyridine rings is 1. The van der Waals surface area contributed by atoms with E-state index in [0.717, 1.165) is 5.56 Å². The van der Waals surface area contributed by atoms with E-state index in [9.17, 15) is 9.59 Å². The summed E-state index contributed by atoms with van der Waals surface area (Å²) in [5, 5.41) is 0.581. The second-order valence-corrected chi connectivity index (χ2v) is 5.94. The lowest BCUT2D eigenvalue weighted by molar-refractivity contribution is 0.0482. The van der Waals surface area contributed by atoms with Gasteiger partial charge in [0.2, 0.25) is 0 Å². The molecule has 134 valence electrons. The Morgan fingerprint density at radius 1 is 0.923 bits per heavy atom. The fourth-order valence-corrected chi connectivity index (χ4v) is 3.04. The van der Waals surface area contributed by atoms with Gasteiger partial charge in [0.05, 0.1) is 24.4 Å². The first-order chi connectivity index (χ1) is 12.6. The van der Waals surface area contributed by atoms with E-state index in [-0.39, 0.29) is 24.3 Å². The van der Waals surface area contributed by atoms with Gasteiger partial charge in [-0.05, 0) is 43.7 Å². The van der Waals surface area contributed by atoms with E-state index in [1.807, 2.05) is 6.07 Å². The minimum Gasteiger partial charge on any atom is -0.462 e. The molecule has 0 aliphatic rings. The van der Waals surface area contributed by atoms with E-state index in [2.05, 4.69) is 0 Å². The van der Waals surface area contributed by atoms with E-state index in [1.165, 1.54) is 0 Å². The van der Waals surface area contributed by atoms with Gasteiger partial charge in [0.25, 0.3) is 0 Å². The Bertz CT molecular complexity index is 960. The van der Waals surface area contributed by atoms with Crippen LogP contribution in [0.1, 0.15) is 34.6 Å². The van der Waals surface area contributed by atoms with Crippen LogP contribution in [-0.2, 0) is 9.47 Å². The molecule has 0 N–H and O–H groups in total. The minimum absolute atomic E-state index is 0.193. The fraction of sp³-hybridized carbons (Fsp3) is 0.200. The average molecular weight is 372 g/mol. The maximum Gasteiger partial charge on any atom is 0.341 e. The summed E-state index contributed by atoms with van der Waals surface area (Å²) < 4.78 is 12.2. The molecule has 0 saturated heterocycles. The number of carbonyl (C=O) groups is 2. The molecule has 0 aliphatic carbocycles. The summed E-state index contributed by atoms with van der Waals surface area (Å²) in [6.45, 7) is 3.86. The number of esters is 2. The largest absolute Gasteiger partial charge is 0.462 e. The van der Waals surface area contributed by atoms with Gasteiger partial charge in [-0.1, -0.05) is 29.8 Å².